The van der Waals surface area contributed by atoms with Gasteiger partial charge in [0.2, 0.25) is 0 Å². The summed E-state index contributed by atoms with van der Waals surface area (Å²) in [6, 6.07) is 7.91. The third kappa shape index (κ3) is 3.35. The fraction of sp³-hybridized carbons (Fsp3) is 0.400. The van der Waals surface area contributed by atoms with Crippen LogP contribution < -0.4 is 5.32 Å². The summed E-state index contributed by atoms with van der Waals surface area (Å²) in [4.78, 5) is 0. The molecule has 3 nitrogen and oxygen atoms in total. The zero-order valence-electron chi connectivity index (χ0n) is 12.0. The quantitative estimate of drug-likeness (QED) is 0.910. The second-order valence-electron chi connectivity index (χ2n) is 4.82. The number of likely N-dealkylation sites (N-methyl/N-ethyl adjacent to an activating group) is 1. The Morgan fingerprint density at radius 2 is 2.05 bits per heavy atom. The number of nitrogens with zero attached hydrogens (tertiary/aromatic N) is 2. The van der Waals surface area contributed by atoms with Gasteiger partial charge in [0.05, 0.1) is 5.69 Å². The van der Waals surface area contributed by atoms with Gasteiger partial charge in [0.25, 0.3) is 0 Å². The molecule has 1 atom stereocenters. The van der Waals surface area contributed by atoms with Crippen molar-refractivity contribution in [3.8, 4) is 0 Å². The van der Waals surface area contributed by atoms with E-state index in [9.17, 15) is 0 Å². The van der Waals surface area contributed by atoms with Gasteiger partial charge >= 0.3 is 0 Å². The van der Waals surface area contributed by atoms with Gasteiger partial charge in [-0.1, -0.05) is 36.2 Å². The molecular weight excluding hydrogens is 293 g/mol. The molecule has 1 N–H and O–H groups in total. The molecule has 0 aliphatic rings. The van der Waals surface area contributed by atoms with E-state index in [2.05, 4.69) is 23.4 Å². The van der Waals surface area contributed by atoms with Crippen molar-refractivity contribution in [3.05, 3.63) is 51.3 Å². The number of benzene rings is 1. The van der Waals surface area contributed by atoms with Crippen molar-refractivity contribution < 1.29 is 0 Å². The molecular formula is C15H19Cl2N3. The largest absolute Gasteiger partial charge is 0.313 e. The minimum Gasteiger partial charge on any atom is -0.313 e. The third-order valence-corrected chi connectivity index (χ3v) is 4.05. The minimum absolute atomic E-state index is 0.139. The Balaban J connectivity index is 2.26. The number of hydrogen-bond donors (Lipinski definition) is 1. The number of halogens is 2. The van der Waals surface area contributed by atoms with Crippen LogP contribution in [-0.4, -0.2) is 16.8 Å². The molecule has 2 aromatic rings. The fourth-order valence-corrected chi connectivity index (χ4v) is 2.84. The zero-order valence-corrected chi connectivity index (χ0v) is 13.5. The van der Waals surface area contributed by atoms with Crippen molar-refractivity contribution >= 4 is 23.2 Å². The van der Waals surface area contributed by atoms with E-state index in [0.717, 1.165) is 24.1 Å². The Morgan fingerprint density at radius 1 is 1.30 bits per heavy atom. The number of rotatable bonds is 5. The molecule has 0 aliphatic carbocycles. The fourth-order valence-electron chi connectivity index (χ4n) is 2.30. The first kappa shape index (κ1) is 15.4. The number of hydrogen-bond acceptors (Lipinski definition) is 2. The van der Waals surface area contributed by atoms with Gasteiger partial charge in [-0.25, -0.2) is 0 Å². The molecule has 5 heteroatoms. The number of aromatic nitrogens is 2. The van der Waals surface area contributed by atoms with Gasteiger partial charge < -0.3 is 5.32 Å². The molecule has 0 amide bonds. The lowest BCUT2D eigenvalue weighted by atomic mass is 10.0. The highest BCUT2D eigenvalue weighted by Crippen LogP contribution is 2.28. The minimum atomic E-state index is 0.139. The second kappa shape index (κ2) is 6.61. The summed E-state index contributed by atoms with van der Waals surface area (Å²) in [5.74, 6) is 0. The third-order valence-electron chi connectivity index (χ3n) is 3.49. The highest BCUT2D eigenvalue weighted by molar-refractivity contribution is 6.35. The molecule has 1 aromatic carbocycles. The molecule has 0 saturated carbocycles. The van der Waals surface area contributed by atoms with Crippen LogP contribution in [0.2, 0.25) is 10.0 Å². The molecule has 1 unspecified atom stereocenters. The standard InChI is InChI=1S/C15H19Cl2N3/c1-4-11-8-12(20(3)19-11)9-15(18-2)13-6-5-10(16)7-14(13)17/h5-8,15,18H,4,9H2,1-3H3. The van der Waals surface area contributed by atoms with E-state index in [1.165, 1.54) is 5.69 Å². The van der Waals surface area contributed by atoms with E-state index < -0.39 is 0 Å². The highest BCUT2D eigenvalue weighted by atomic mass is 35.5. The van der Waals surface area contributed by atoms with Gasteiger partial charge in [-0.2, -0.15) is 5.10 Å². The zero-order chi connectivity index (χ0) is 14.7. The van der Waals surface area contributed by atoms with Crippen molar-refractivity contribution in [3.63, 3.8) is 0 Å². The lowest BCUT2D eigenvalue weighted by Crippen LogP contribution is -2.20. The van der Waals surface area contributed by atoms with Crippen LogP contribution in [0.1, 0.15) is 29.9 Å². The Kier molecular flexibility index (Phi) is 5.08. The molecule has 1 aromatic heterocycles. The predicted octanol–water partition coefficient (Wildman–Crippen LogP) is 3.79. The van der Waals surface area contributed by atoms with E-state index in [1.807, 2.05) is 30.9 Å². The van der Waals surface area contributed by atoms with Gasteiger partial charge in [0, 0.05) is 35.2 Å². The van der Waals surface area contributed by atoms with Gasteiger partial charge in [0.15, 0.2) is 0 Å². The molecule has 0 aliphatic heterocycles. The number of nitrogens with one attached hydrogen (secondary N) is 1. The summed E-state index contributed by atoms with van der Waals surface area (Å²) in [5, 5.41) is 9.14. The van der Waals surface area contributed by atoms with Crippen molar-refractivity contribution in [1.82, 2.24) is 15.1 Å². The summed E-state index contributed by atoms with van der Waals surface area (Å²) in [6.07, 6.45) is 1.78. The summed E-state index contributed by atoms with van der Waals surface area (Å²) in [5.41, 5.74) is 3.35. The number of aryl methyl sites for hydroxylation is 2. The smallest absolute Gasteiger partial charge is 0.0624 e. The molecule has 0 bridgehead atoms. The lowest BCUT2D eigenvalue weighted by Gasteiger charge is -2.18. The summed E-state index contributed by atoms with van der Waals surface area (Å²) in [6.45, 7) is 2.11. The van der Waals surface area contributed by atoms with Crippen molar-refractivity contribution in [2.75, 3.05) is 7.05 Å². The van der Waals surface area contributed by atoms with Gasteiger partial charge in [-0.3, -0.25) is 4.68 Å². The first-order valence-corrected chi connectivity index (χ1v) is 7.44. The van der Waals surface area contributed by atoms with Crippen LogP contribution in [0.25, 0.3) is 0 Å². The van der Waals surface area contributed by atoms with Gasteiger partial charge in [-0.15, -0.1) is 0 Å². The van der Waals surface area contributed by atoms with Crippen LogP contribution in [0.4, 0.5) is 0 Å². The summed E-state index contributed by atoms with van der Waals surface area (Å²) >= 11 is 12.2. The molecule has 108 valence electrons. The molecule has 0 radical (unpaired) electrons. The predicted molar refractivity (Wildman–Crippen MR) is 84.6 cm³/mol. The van der Waals surface area contributed by atoms with Gasteiger partial charge in [-0.05, 0) is 37.2 Å². The maximum atomic E-state index is 6.29. The topological polar surface area (TPSA) is 29.9 Å². The maximum absolute atomic E-state index is 6.29. The van der Waals surface area contributed by atoms with Crippen molar-refractivity contribution in [2.45, 2.75) is 25.8 Å². The average molecular weight is 312 g/mol. The Labute approximate surface area is 129 Å². The molecule has 1 heterocycles. The van der Waals surface area contributed by atoms with Crippen molar-refractivity contribution in [2.24, 2.45) is 7.05 Å². The van der Waals surface area contributed by atoms with Crippen LogP contribution >= 0.6 is 23.2 Å². The Hall–Kier alpha value is -1.03. The first-order valence-electron chi connectivity index (χ1n) is 6.69. The molecule has 0 fully saturated rings. The second-order valence-corrected chi connectivity index (χ2v) is 5.66. The Morgan fingerprint density at radius 3 is 2.60 bits per heavy atom. The van der Waals surface area contributed by atoms with E-state index in [4.69, 9.17) is 23.2 Å². The lowest BCUT2D eigenvalue weighted by molar-refractivity contribution is 0.561. The Bertz CT molecular complexity index is 593. The SMILES string of the molecule is CCc1cc(CC(NC)c2ccc(Cl)cc2Cl)n(C)n1. The van der Waals surface area contributed by atoms with Crippen LogP contribution in [0.3, 0.4) is 0 Å². The molecule has 0 saturated heterocycles. The molecule has 0 spiro atoms. The monoisotopic (exact) mass is 311 g/mol. The van der Waals surface area contributed by atoms with Crippen LogP contribution in [0, 0.1) is 0 Å². The van der Waals surface area contributed by atoms with E-state index in [-0.39, 0.29) is 6.04 Å². The van der Waals surface area contributed by atoms with Crippen LogP contribution in [0.15, 0.2) is 24.3 Å². The summed E-state index contributed by atoms with van der Waals surface area (Å²) < 4.78 is 1.94. The average Bonchev–Trinajstić information content (AvgIpc) is 2.77. The highest BCUT2D eigenvalue weighted by Gasteiger charge is 2.16. The molecule has 20 heavy (non-hydrogen) atoms. The van der Waals surface area contributed by atoms with Crippen LogP contribution in [0.5, 0.6) is 0 Å². The molecule has 2 rings (SSSR count). The van der Waals surface area contributed by atoms with Gasteiger partial charge in [0.1, 0.15) is 0 Å². The summed E-state index contributed by atoms with van der Waals surface area (Å²) in [7, 11) is 3.91. The van der Waals surface area contributed by atoms with E-state index in [0.29, 0.717) is 10.0 Å². The van der Waals surface area contributed by atoms with Crippen LogP contribution in [-0.2, 0) is 19.9 Å². The van der Waals surface area contributed by atoms with Crippen molar-refractivity contribution in [1.29, 1.82) is 0 Å². The first-order chi connectivity index (χ1) is 9.55. The van der Waals surface area contributed by atoms with E-state index >= 15 is 0 Å². The van der Waals surface area contributed by atoms with E-state index in [1.54, 1.807) is 6.07 Å². The maximum Gasteiger partial charge on any atom is 0.0624 e. The normalized spacial score (nSPS) is 12.7.